The van der Waals surface area contributed by atoms with Gasteiger partial charge in [0.15, 0.2) is 6.10 Å². The van der Waals surface area contributed by atoms with Gasteiger partial charge in [-0.15, -0.1) is 0 Å². The highest BCUT2D eigenvalue weighted by molar-refractivity contribution is 7.89. The summed E-state index contributed by atoms with van der Waals surface area (Å²) in [5.41, 5.74) is 1.00. The lowest BCUT2D eigenvalue weighted by molar-refractivity contribution is -0.384. The fourth-order valence-corrected chi connectivity index (χ4v) is 5.13. The van der Waals surface area contributed by atoms with Crippen molar-refractivity contribution in [1.82, 2.24) is 9.21 Å². The van der Waals surface area contributed by atoms with Gasteiger partial charge in [-0.25, -0.2) is 13.2 Å². The average molecular weight is 445 g/mol. The van der Waals surface area contributed by atoms with Gasteiger partial charge in [0.2, 0.25) is 10.0 Å². The minimum atomic E-state index is -3.84. The number of esters is 1. The lowest BCUT2D eigenvalue weighted by atomic mass is 9.98. The Bertz CT molecular complexity index is 1140. The Hall–Kier alpha value is -3.31. The van der Waals surface area contributed by atoms with Gasteiger partial charge >= 0.3 is 5.97 Å². The van der Waals surface area contributed by atoms with E-state index in [4.69, 9.17) is 4.74 Å². The van der Waals surface area contributed by atoms with Crippen LogP contribution in [0.3, 0.4) is 0 Å². The summed E-state index contributed by atoms with van der Waals surface area (Å²) in [7, 11) is -3.84. The van der Waals surface area contributed by atoms with Crippen molar-refractivity contribution >= 4 is 27.6 Å². The normalized spacial score (nSPS) is 19.4. The van der Waals surface area contributed by atoms with Crippen molar-refractivity contribution in [3.05, 3.63) is 69.8 Å². The number of carbonyl (C=O) groups is 2. The zero-order chi connectivity index (χ0) is 22.2. The molecule has 2 aromatic rings. The number of nitro benzene ring substituents is 1. The van der Waals surface area contributed by atoms with Gasteiger partial charge in [0.25, 0.3) is 11.6 Å². The molecule has 2 aromatic carbocycles. The standard InChI is InChI=1S/C20H19N3O7S/c24-19(18-13-14-3-1-2-4-17(14)20(25)30-18)21-9-11-22(12-10-21)31(28,29)16-7-5-15(6-8-16)23(26)27/h1-8,18H,9-13H2. The van der Waals surface area contributed by atoms with E-state index >= 15 is 0 Å². The van der Waals surface area contributed by atoms with E-state index in [1.54, 1.807) is 24.3 Å². The van der Waals surface area contributed by atoms with Crippen molar-refractivity contribution < 1.29 is 27.7 Å². The number of piperazine rings is 1. The van der Waals surface area contributed by atoms with Crippen LogP contribution in [0.25, 0.3) is 0 Å². The Morgan fingerprint density at radius 3 is 2.32 bits per heavy atom. The molecule has 1 atom stereocenters. The highest BCUT2D eigenvalue weighted by Crippen LogP contribution is 2.24. The maximum absolute atomic E-state index is 12.9. The van der Waals surface area contributed by atoms with E-state index in [-0.39, 0.29) is 49.1 Å². The Labute approximate surface area is 178 Å². The molecule has 0 saturated carbocycles. The largest absolute Gasteiger partial charge is 0.448 e. The molecule has 1 unspecified atom stereocenters. The molecule has 31 heavy (non-hydrogen) atoms. The highest BCUT2D eigenvalue weighted by Gasteiger charge is 2.36. The van der Waals surface area contributed by atoms with Crippen LogP contribution in [0.2, 0.25) is 0 Å². The molecule has 11 heteroatoms. The van der Waals surface area contributed by atoms with E-state index in [2.05, 4.69) is 0 Å². The molecule has 0 N–H and O–H groups in total. The number of fused-ring (bicyclic) bond motifs is 1. The van der Waals surface area contributed by atoms with Gasteiger partial charge in [-0.1, -0.05) is 18.2 Å². The summed E-state index contributed by atoms with van der Waals surface area (Å²) < 4.78 is 32.2. The second-order valence-corrected chi connectivity index (χ2v) is 9.17. The number of carbonyl (C=O) groups excluding carboxylic acids is 2. The number of benzene rings is 2. The SMILES string of the molecule is O=C1OC(C(=O)N2CCN(S(=O)(=O)c3ccc([N+](=O)[O-])cc3)CC2)Cc2ccccc21. The molecule has 1 fully saturated rings. The number of sulfonamides is 1. The summed E-state index contributed by atoms with van der Waals surface area (Å²) in [5, 5.41) is 10.8. The zero-order valence-corrected chi connectivity index (χ0v) is 17.2. The van der Waals surface area contributed by atoms with Crippen molar-refractivity contribution in [2.24, 2.45) is 0 Å². The van der Waals surface area contributed by atoms with E-state index in [1.807, 2.05) is 0 Å². The molecule has 2 aliphatic rings. The number of rotatable bonds is 4. The third kappa shape index (κ3) is 4.01. The number of nitro groups is 1. The number of non-ortho nitro benzene ring substituents is 1. The molecule has 0 bridgehead atoms. The molecule has 1 amide bonds. The van der Waals surface area contributed by atoms with E-state index in [1.165, 1.54) is 21.3 Å². The van der Waals surface area contributed by atoms with Gasteiger partial charge in [0.1, 0.15) is 0 Å². The molecule has 2 heterocycles. The van der Waals surface area contributed by atoms with E-state index in [0.717, 1.165) is 17.7 Å². The Morgan fingerprint density at radius 2 is 1.68 bits per heavy atom. The molecule has 0 radical (unpaired) electrons. The third-order valence-electron chi connectivity index (χ3n) is 5.40. The van der Waals surface area contributed by atoms with Crippen molar-refractivity contribution in [1.29, 1.82) is 0 Å². The first kappa shape index (κ1) is 20.9. The average Bonchev–Trinajstić information content (AvgIpc) is 2.78. The topological polar surface area (TPSA) is 127 Å². The quantitative estimate of drug-likeness (QED) is 0.393. The molecule has 162 valence electrons. The van der Waals surface area contributed by atoms with E-state index < -0.39 is 27.0 Å². The number of ether oxygens (including phenoxy) is 1. The van der Waals surface area contributed by atoms with Gasteiger partial charge in [0, 0.05) is 44.7 Å². The lowest BCUT2D eigenvalue weighted by Gasteiger charge is -2.36. The number of hydrogen-bond acceptors (Lipinski definition) is 7. The minimum Gasteiger partial charge on any atom is -0.448 e. The van der Waals surface area contributed by atoms with Gasteiger partial charge in [-0.05, 0) is 23.8 Å². The van der Waals surface area contributed by atoms with E-state index in [0.29, 0.717) is 5.56 Å². The molecule has 4 rings (SSSR count). The fourth-order valence-electron chi connectivity index (χ4n) is 3.71. The van der Waals surface area contributed by atoms with Crippen molar-refractivity contribution in [2.75, 3.05) is 26.2 Å². The number of nitrogens with zero attached hydrogens (tertiary/aromatic N) is 3. The summed E-state index contributed by atoms with van der Waals surface area (Å²) >= 11 is 0. The predicted molar refractivity (Wildman–Crippen MR) is 108 cm³/mol. The summed E-state index contributed by atoms with van der Waals surface area (Å²) in [6.07, 6.45) is -0.651. The van der Waals surface area contributed by atoms with Crippen LogP contribution in [0.15, 0.2) is 53.4 Å². The van der Waals surface area contributed by atoms with Crippen molar-refractivity contribution in [3.63, 3.8) is 0 Å². The zero-order valence-electron chi connectivity index (χ0n) is 16.3. The van der Waals surface area contributed by atoms with Crippen LogP contribution in [0.5, 0.6) is 0 Å². The predicted octanol–water partition coefficient (Wildman–Crippen LogP) is 1.21. The van der Waals surface area contributed by atoms with Gasteiger partial charge < -0.3 is 9.64 Å². The molecule has 10 nitrogen and oxygen atoms in total. The third-order valence-corrected chi connectivity index (χ3v) is 7.32. The Morgan fingerprint density at radius 1 is 1.03 bits per heavy atom. The molecule has 0 aromatic heterocycles. The molecule has 0 spiro atoms. The monoisotopic (exact) mass is 445 g/mol. The maximum Gasteiger partial charge on any atom is 0.339 e. The molecular formula is C20H19N3O7S. The lowest BCUT2D eigenvalue weighted by Crippen LogP contribution is -2.54. The maximum atomic E-state index is 12.9. The first-order chi connectivity index (χ1) is 14.8. The first-order valence-electron chi connectivity index (χ1n) is 9.59. The Kier molecular flexibility index (Phi) is 5.46. The molecule has 0 aliphatic carbocycles. The van der Waals surface area contributed by atoms with Crippen LogP contribution in [0, 0.1) is 10.1 Å². The smallest absolute Gasteiger partial charge is 0.339 e. The van der Waals surface area contributed by atoms with Gasteiger partial charge in [-0.3, -0.25) is 14.9 Å². The minimum absolute atomic E-state index is 0.0457. The van der Waals surface area contributed by atoms with Crippen LogP contribution in [0.1, 0.15) is 15.9 Å². The summed E-state index contributed by atoms with van der Waals surface area (Å²) in [4.78, 5) is 36.6. The highest BCUT2D eigenvalue weighted by atomic mass is 32.2. The van der Waals surface area contributed by atoms with Crippen LogP contribution < -0.4 is 0 Å². The first-order valence-corrected chi connectivity index (χ1v) is 11.0. The Balaban J connectivity index is 1.41. The second-order valence-electron chi connectivity index (χ2n) is 7.24. The van der Waals surface area contributed by atoms with Crippen LogP contribution in [0.4, 0.5) is 5.69 Å². The summed E-state index contributed by atoms with van der Waals surface area (Å²) in [5.74, 6) is -0.894. The number of hydrogen-bond donors (Lipinski definition) is 0. The van der Waals surface area contributed by atoms with Crippen LogP contribution in [-0.4, -0.2) is 66.7 Å². The van der Waals surface area contributed by atoms with Crippen molar-refractivity contribution in [2.45, 2.75) is 17.4 Å². The molecule has 2 aliphatic heterocycles. The van der Waals surface area contributed by atoms with Crippen molar-refractivity contribution in [3.8, 4) is 0 Å². The second kappa shape index (κ2) is 8.08. The number of cyclic esters (lactones) is 1. The van der Waals surface area contributed by atoms with Crippen LogP contribution in [-0.2, 0) is 26.0 Å². The van der Waals surface area contributed by atoms with Crippen LogP contribution >= 0.6 is 0 Å². The molecule has 1 saturated heterocycles. The molecular weight excluding hydrogens is 426 g/mol. The fraction of sp³-hybridized carbons (Fsp3) is 0.300. The summed E-state index contributed by atoms with van der Waals surface area (Å²) in [6, 6.07) is 11.6. The summed E-state index contributed by atoms with van der Waals surface area (Å²) in [6.45, 7) is 0.451. The van der Waals surface area contributed by atoms with Gasteiger partial charge in [0.05, 0.1) is 15.4 Å². The van der Waals surface area contributed by atoms with Gasteiger partial charge in [-0.2, -0.15) is 4.31 Å². The number of amides is 1. The van der Waals surface area contributed by atoms with E-state index in [9.17, 15) is 28.1 Å².